The first-order chi connectivity index (χ1) is 12.5. The Kier molecular flexibility index (Phi) is 6.55. The van der Waals surface area contributed by atoms with Crippen molar-refractivity contribution in [2.45, 2.75) is 38.5 Å². The van der Waals surface area contributed by atoms with Gasteiger partial charge < -0.3 is 5.32 Å². The van der Waals surface area contributed by atoms with Gasteiger partial charge in [0.1, 0.15) is 0 Å². The number of hydrogen-bond acceptors (Lipinski definition) is 3. The van der Waals surface area contributed by atoms with Gasteiger partial charge in [0.05, 0.1) is 10.7 Å². The molecule has 0 radical (unpaired) electrons. The molecule has 1 aromatic carbocycles. The highest BCUT2D eigenvalue weighted by atomic mass is 35.5. The molecule has 0 spiro atoms. The van der Waals surface area contributed by atoms with E-state index in [1.807, 2.05) is 12.1 Å². The van der Waals surface area contributed by atoms with Crippen molar-refractivity contribution in [1.29, 1.82) is 0 Å². The average Bonchev–Trinajstić information content (AvgIpc) is 3.18. The number of benzene rings is 1. The summed E-state index contributed by atoms with van der Waals surface area (Å²) >= 11 is 6.05. The van der Waals surface area contributed by atoms with Crippen LogP contribution in [0.25, 0.3) is 0 Å². The fraction of sp³-hybridized carbons (Fsp3) is 0.611. The zero-order chi connectivity index (χ0) is 18.6. The highest BCUT2D eigenvalue weighted by Crippen LogP contribution is 2.27. The average molecular weight is 400 g/mol. The molecule has 2 fully saturated rings. The summed E-state index contributed by atoms with van der Waals surface area (Å²) in [6.07, 6.45) is 4.73. The van der Waals surface area contributed by atoms with E-state index >= 15 is 0 Å². The van der Waals surface area contributed by atoms with Gasteiger partial charge in [-0.15, -0.1) is 0 Å². The quantitative estimate of drug-likeness (QED) is 0.798. The van der Waals surface area contributed by atoms with E-state index in [-0.39, 0.29) is 5.91 Å². The van der Waals surface area contributed by atoms with Crippen LogP contribution in [0, 0.1) is 5.92 Å². The number of rotatable bonds is 6. The smallest absolute Gasteiger partial charge is 0.281 e. The van der Waals surface area contributed by atoms with Crippen molar-refractivity contribution in [3.8, 4) is 0 Å². The number of halogens is 1. The van der Waals surface area contributed by atoms with Gasteiger partial charge in [0, 0.05) is 32.6 Å². The predicted octanol–water partition coefficient (Wildman–Crippen LogP) is 3.11. The van der Waals surface area contributed by atoms with Gasteiger partial charge in [-0.2, -0.15) is 17.0 Å². The van der Waals surface area contributed by atoms with E-state index in [0.717, 1.165) is 32.1 Å². The van der Waals surface area contributed by atoms with Crippen LogP contribution in [0.15, 0.2) is 24.3 Å². The Labute approximate surface area is 160 Å². The molecule has 26 heavy (non-hydrogen) atoms. The number of anilines is 1. The van der Waals surface area contributed by atoms with Gasteiger partial charge in [-0.3, -0.25) is 4.79 Å². The van der Waals surface area contributed by atoms with Crippen LogP contribution >= 0.6 is 11.6 Å². The first kappa shape index (κ1) is 19.6. The van der Waals surface area contributed by atoms with E-state index in [9.17, 15) is 13.2 Å². The monoisotopic (exact) mass is 399 g/mol. The number of amides is 1. The van der Waals surface area contributed by atoms with E-state index in [2.05, 4.69) is 5.32 Å². The molecule has 0 aliphatic carbocycles. The molecule has 0 unspecified atom stereocenters. The lowest BCUT2D eigenvalue weighted by atomic mass is 9.93. The van der Waals surface area contributed by atoms with Crippen LogP contribution in [0.2, 0.25) is 5.02 Å². The Morgan fingerprint density at radius 1 is 1.08 bits per heavy atom. The zero-order valence-corrected chi connectivity index (χ0v) is 16.4. The van der Waals surface area contributed by atoms with Crippen molar-refractivity contribution in [1.82, 2.24) is 8.61 Å². The summed E-state index contributed by atoms with van der Waals surface area (Å²) < 4.78 is 28.4. The van der Waals surface area contributed by atoms with Crippen molar-refractivity contribution >= 4 is 33.4 Å². The van der Waals surface area contributed by atoms with Gasteiger partial charge in [-0.1, -0.05) is 23.7 Å². The van der Waals surface area contributed by atoms with E-state index in [1.165, 1.54) is 0 Å². The van der Waals surface area contributed by atoms with Gasteiger partial charge >= 0.3 is 0 Å². The molecule has 2 aliphatic rings. The summed E-state index contributed by atoms with van der Waals surface area (Å²) in [6, 6.07) is 7.18. The van der Waals surface area contributed by atoms with Crippen molar-refractivity contribution < 1.29 is 13.2 Å². The molecule has 0 saturated carbocycles. The molecule has 3 rings (SSSR count). The summed E-state index contributed by atoms with van der Waals surface area (Å²) in [6.45, 7) is 2.39. The van der Waals surface area contributed by atoms with Crippen molar-refractivity contribution in [3.05, 3.63) is 29.3 Å². The second-order valence-electron chi connectivity index (χ2n) is 7.02. The number of para-hydroxylation sites is 1. The van der Waals surface area contributed by atoms with Crippen molar-refractivity contribution in [3.63, 3.8) is 0 Å². The molecule has 2 aliphatic heterocycles. The summed E-state index contributed by atoms with van der Waals surface area (Å²) in [5.41, 5.74) is 0.630. The minimum Gasteiger partial charge on any atom is -0.325 e. The first-order valence-corrected chi connectivity index (χ1v) is 11.0. The Morgan fingerprint density at radius 2 is 1.69 bits per heavy atom. The summed E-state index contributed by atoms with van der Waals surface area (Å²) in [4.78, 5) is 12.1. The third-order valence-electron chi connectivity index (χ3n) is 5.22. The standard InChI is InChI=1S/C18H26ClN3O3S/c19-16-5-1-2-6-17(16)20-18(23)8-7-15-9-13-22(14-10-15)26(24,25)21-11-3-4-12-21/h1-2,5-6,15H,3-4,7-14H2,(H,20,23). The van der Waals surface area contributed by atoms with Crippen molar-refractivity contribution in [2.24, 2.45) is 5.92 Å². The minimum absolute atomic E-state index is 0.0507. The molecule has 2 saturated heterocycles. The molecule has 0 bridgehead atoms. The second kappa shape index (κ2) is 8.69. The maximum atomic E-state index is 12.6. The number of carbonyl (C=O) groups excluding carboxylic acids is 1. The topological polar surface area (TPSA) is 69.7 Å². The molecular formula is C18H26ClN3O3S. The fourth-order valence-corrected chi connectivity index (χ4v) is 5.52. The molecule has 0 aromatic heterocycles. The van der Waals surface area contributed by atoms with Crippen LogP contribution in [-0.2, 0) is 15.0 Å². The molecule has 6 nitrogen and oxygen atoms in total. The number of hydrogen-bond donors (Lipinski definition) is 1. The van der Waals surface area contributed by atoms with Crippen LogP contribution in [0.1, 0.15) is 38.5 Å². The lowest BCUT2D eigenvalue weighted by Gasteiger charge is -2.33. The van der Waals surface area contributed by atoms with E-state index in [1.54, 1.807) is 20.7 Å². The maximum Gasteiger partial charge on any atom is 0.281 e. The lowest BCUT2D eigenvalue weighted by molar-refractivity contribution is -0.116. The van der Waals surface area contributed by atoms with Gasteiger partial charge in [-0.05, 0) is 50.2 Å². The SMILES string of the molecule is O=C(CCC1CCN(S(=O)(=O)N2CCCC2)CC1)Nc1ccccc1Cl. The number of nitrogens with one attached hydrogen (secondary N) is 1. The highest BCUT2D eigenvalue weighted by molar-refractivity contribution is 7.86. The van der Waals surface area contributed by atoms with Gasteiger partial charge in [0.25, 0.3) is 10.2 Å². The third-order valence-corrected chi connectivity index (χ3v) is 7.58. The Morgan fingerprint density at radius 3 is 2.35 bits per heavy atom. The zero-order valence-electron chi connectivity index (χ0n) is 14.9. The number of nitrogens with zero attached hydrogens (tertiary/aromatic N) is 2. The molecule has 8 heteroatoms. The molecule has 2 heterocycles. The van der Waals surface area contributed by atoms with Crippen LogP contribution in [0.4, 0.5) is 5.69 Å². The number of piperidine rings is 1. The predicted molar refractivity (Wildman–Crippen MR) is 103 cm³/mol. The normalized spacial score (nSPS) is 20.3. The van der Waals surface area contributed by atoms with E-state index in [4.69, 9.17) is 11.6 Å². The fourth-order valence-electron chi connectivity index (χ4n) is 3.62. The first-order valence-electron chi connectivity index (χ1n) is 9.26. The lowest BCUT2D eigenvalue weighted by Crippen LogP contribution is -2.46. The molecule has 1 amide bonds. The Hall–Kier alpha value is -1.15. The van der Waals surface area contributed by atoms with Gasteiger partial charge in [-0.25, -0.2) is 0 Å². The summed E-state index contributed by atoms with van der Waals surface area (Å²) in [5, 5.41) is 3.37. The molecular weight excluding hydrogens is 374 g/mol. The van der Waals surface area contributed by atoms with Crippen LogP contribution < -0.4 is 5.32 Å². The van der Waals surface area contributed by atoms with Crippen LogP contribution in [0.3, 0.4) is 0 Å². The molecule has 144 valence electrons. The second-order valence-corrected chi connectivity index (χ2v) is 9.36. The molecule has 1 aromatic rings. The van der Waals surface area contributed by atoms with E-state index in [0.29, 0.717) is 49.2 Å². The minimum atomic E-state index is -3.29. The summed E-state index contributed by atoms with van der Waals surface area (Å²) in [7, 11) is -3.29. The van der Waals surface area contributed by atoms with E-state index < -0.39 is 10.2 Å². The summed E-state index contributed by atoms with van der Waals surface area (Å²) in [5.74, 6) is 0.335. The third kappa shape index (κ3) is 4.76. The van der Waals surface area contributed by atoms with Crippen molar-refractivity contribution in [2.75, 3.05) is 31.5 Å². The Bertz CT molecular complexity index is 727. The van der Waals surface area contributed by atoms with Gasteiger partial charge in [0.2, 0.25) is 5.91 Å². The molecule has 1 N–H and O–H groups in total. The molecule has 0 atom stereocenters. The largest absolute Gasteiger partial charge is 0.325 e. The van der Waals surface area contributed by atoms with Crippen LogP contribution in [-0.4, -0.2) is 49.1 Å². The Balaban J connectivity index is 1.43. The highest BCUT2D eigenvalue weighted by Gasteiger charge is 2.34. The van der Waals surface area contributed by atoms with Gasteiger partial charge in [0.15, 0.2) is 0 Å². The number of carbonyl (C=O) groups is 1. The maximum absolute atomic E-state index is 12.6. The van der Waals surface area contributed by atoms with Crippen LogP contribution in [0.5, 0.6) is 0 Å².